The number of hydrogen-bond acceptors (Lipinski definition) is 6. The van der Waals surface area contributed by atoms with Crippen molar-refractivity contribution in [2.24, 2.45) is 5.92 Å². The predicted octanol–water partition coefficient (Wildman–Crippen LogP) is 2.34. The van der Waals surface area contributed by atoms with Gasteiger partial charge in [-0.15, -0.1) is 0 Å². The molecule has 0 aliphatic carbocycles. The molecule has 0 saturated carbocycles. The average Bonchev–Trinajstić information content (AvgIpc) is 3.32. The fourth-order valence-corrected chi connectivity index (χ4v) is 3.64. The number of nitrogens with zero attached hydrogens (tertiary/aromatic N) is 5. The Kier molecular flexibility index (Phi) is 4.62. The lowest BCUT2D eigenvalue weighted by Crippen LogP contribution is -2.34. The monoisotopic (exact) mass is 331 g/mol. The van der Waals surface area contributed by atoms with E-state index in [9.17, 15) is 0 Å². The first kappa shape index (κ1) is 15.8. The number of ether oxygens (including phenoxy) is 1. The molecule has 7 heteroatoms. The predicted molar refractivity (Wildman–Crippen MR) is 87.2 cm³/mol. The lowest BCUT2D eigenvalue weighted by molar-refractivity contribution is 0.0835. The van der Waals surface area contributed by atoms with Gasteiger partial charge in [-0.3, -0.25) is 4.90 Å². The number of rotatable bonds is 5. The van der Waals surface area contributed by atoms with E-state index >= 15 is 0 Å². The Labute approximate surface area is 142 Å². The summed E-state index contributed by atoms with van der Waals surface area (Å²) in [5, 5.41) is 4.13. The lowest BCUT2D eigenvalue weighted by atomic mass is 9.96. The molecule has 2 fully saturated rings. The highest BCUT2D eigenvalue weighted by molar-refractivity contribution is 4.93. The Morgan fingerprint density at radius 1 is 1.25 bits per heavy atom. The number of imidazole rings is 1. The molecule has 2 aliphatic heterocycles. The zero-order chi connectivity index (χ0) is 16.4. The van der Waals surface area contributed by atoms with Crippen LogP contribution in [0.2, 0.25) is 0 Å². The van der Waals surface area contributed by atoms with Crippen LogP contribution in [0.25, 0.3) is 0 Å². The van der Waals surface area contributed by atoms with Crippen LogP contribution in [-0.2, 0) is 17.8 Å². The number of hydrogen-bond donors (Lipinski definition) is 0. The maximum atomic E-state index is 5.60. The summed E-state index contributed by atoms with van der Waals surface area (Å²) in [6.45, 7) is 6.88. The molecule has 24 heavy (non-hydrogen) atoms. The van der Waals surface area contributed by atoms with Gasteiger partial charge in [0.05, 0.1) is 6.54 Å². The van der Waals surface area contributed by atoms with Gasteiger partial charge in [0, 0.05) is 25.5 Å². The minimum Gasteiger partial charge on any atom is -0.368 e. The largest absolute Gasteiger partial charge is 0.368 e. The molecule has 2 saturated heterocycles. The molecule has 0 bridgehead atoms. The molecular weight excluding hydrogens is 306 g/mol. The molecule has 2 aliphatic rings. The van der Waals surface area contributed by atoms with Gasteiger partial charge < -0.3 is 13.8 Å². The van der Waals surface area contributed by atoms with E-state index in [1.54, 1.807) is 0 Å². The maximum Gasteiger partial charge on any atom is 0.255 e. The van der Waals surface area contributed by atoms with Gasteiger partial charge in [-0.05, 0) is 51.6 Å². The average molecular weight is 331 g/mol. The third-order valence-corrected chi connectivity index (χ3v) is 5.14. The Morgan fingerprint density at radius 2 is 2.12 bits per heavy atom. The van der Waals surface area contributed by atoms with E-state index in [0.717, 1.165) is 63.2 Å². The van der Waals surface area contributed by atoms with E-state index in [0.29, 0.717) is 5.89 Å². The van der Waals surface area contributed by atoms with Gasteiger partial charge >= 0.3 is 0 Å². The van der Waals surface area contributed by atoms with Crippen molar-refractivity contribution in [3.63, 3.8) is 0 Å². The molecule has 7 nitrogen and oxygen atoms in total. The van der Waals surface area contributed by atoms with Crippen LogP contribution in [0.4, 0.5) is 0 Å². The topological polar surface area (TPSA) is 69.2 Å². The summed E-state index contributed by atoms with van der Waals surface area (Å²) in [6.07, 6.45) is 8.44. The van der Waals surface area contributed by atoms with E-state index in [2.05, 4.69) is 37.7 Å². The molecule has 0 aromatic carbocycles. The quantitative estimate of drug-likeness (QED) is 0.837. The number of likely N-dealkylation sites (tertiary alicyclic amines) is 1. The van der Waals surface area contributed by atoms with Crippen molar-refractivity contribution in [2.75, 3.05) is 19.7 Å². The second kappa shape index (κ2) is 7.03. The Morgan fingerprint density at radius 3 is 2.83 bits per heavy atom. The summed E-state index contributed by atoms with van der Waals surface area (Å²) < 4.78 is 13.2. The summed E-state index contributed by atoms with van der Waals surface area (Å²) in [4.78, 5) is 11.2. The van der Waals surface area contributed by atoms with E-state index in [-0.39, 0.29) is 6.10 Å². The molecule has 1 atom stereocenters. The van der Waals surface area contributed by atoms with Gasteiger partial charge in [-0.2, -0.15) is 4.98 Å². The van der Waals surface area contributed by atoms with Crippen molar-refractivity contribution in [3.8, 4) is 0 Å². The van der Waals surface area contributed by atoms with Gasteiger partial charge in [0.15, 0.2) is 5.82 Å². The highest BCUT2D eigenvalue weighted by Crippen LogP contribution is 2.27. The van der Waals surface area contributed by atoms with Gasteiger partial charge in [0.2, 0.25) is 0 Å². The summed E-state index contributed by atoms with van der Waals surface area (Å²) in [5.74, 6) is 3.25. The van der Waals surface area contributed by atoms with Crippen molar-refractivity contribution in [3.05, 3.63) is 29.9 Å². The first-order valence-corrected chi connectivity index (χ1v) is 8.92. The highest BCUT2D eigenvalue weighted by atomic mass is 16.5. The normalized spacial score (nSPS) is 23.1. The molecule has 0 N–H and O–H groups in total. The second-order valence-electron chi connectivity index (χ2n) is 6.90. The minimum atomic E-state index is 0.00964. The molecule has 2 aromatic heterocycles. The minimum absolute atomic E-state index is 0.00964. The van der Waals surface area contributed by atoms with Crippen molar-refractivity contribution >= 4 is 0 Å². The van der Waals surface area contributed by atoms with Crippen LogP contribution in [0, 0.1) is 12.8 Å². The molecule has 2 aromatic rings. The first-order valence-electron chi connectivity index (χ1n) is 8.92. The van der Waals surface area contributed by atoms with Crippen molar-refractivity contribution in [1.82, 2.24) is 24.6 Å². The highest BCUT2D eigenvalue weighted by Gasteiger charge is 2.25. The van der Waals surface area contributed by atoms with Gasteiger partial charge in [-0.25, -0.2) is 4.98 Å². The third-order valence-electron chi connectivity index (χ3n) is 5.14. The Balaban J connectivity index is 1.26. The fourth-order valence-electron chi connectivity index (χ4n) is 3.64. The van der Waals surface area contributed by atoms with Crippen LogP contribution >= 0.6 is 0 Å². The van der Waals surface area contributed by atoms with Crippen molar-refractivity contribution < 1.29 is 9.26 Å². The molecule has 0 radical (unpaired) electrons. The van der Waals surface area contributed by atoms with Crippen LogP contribution in [0.3, 0.4) is 0 Å². The zero-order valence-corrected chi connectivity index (χ0v) is 14.2. The Hall–Kier alpha value is -1.73. The lowest BCUT2D eigenvalue weighted by Gasteiger charge is -2.31. The van der Waals surface area contributed by atoms with Crippen LogP contribution < -0.4 is 0 Å². The van der Waals surface area contributed by atoms with Crippen molar-refractivity contribution in [1.29, 1.82) is 0 Å². The molecule has 1 unspecified atom stereocenters. The van der Waals surface area contributed by atoms with E-state index in [4.69, 9.17) is 9.26 Å². The molecular formula is C17H25N5O2. The van der Waals surface area contributed by atoms with Gasteiger partial charge in [0.25, 0.3) is 5.89 Å². The Bertz CT molecular complexity index is 653. The smallest absolute Gasteiger partial charge is 0.255 e. The van der Waals surface area contributed by atoms with Crippen LogP contribution in [0.1, 0.15) is 49.3 Å². The molecule has 0 amide bonds. The van der Waals surface area contributed by atoms with Gasteiger partial charge in [0.1, 0.15) is 11.9 Å². The SMILES string of the molecule is Cc1nccn1CC1CCN(Cc2noc(C3CCCO3)n2)CC1. The third kappa shape index (κ3) is 3.52. The number of aryl methyl sites for hydroxylation is 1. The van der Waals surface area contributed by atoms with Gasteiger partial charge in [-0.1, -0.05) is 5.16 Å². The maximum absolute atomic E-state index is 5.60. The molecule has 4 rings (SSSR count). The van der Waals surface area contributed by atoms with Crippen LogP contribution in [0.15, 0.2) is 16.9 Å². The van der Waals surface area contributed by atoms with E-state index < -0.39 is 0 Å². The summed E-state index contributed by atoms with van der Waals surface area (Å²) in [6, 6.07) is 0. The summed E-state index contributed by atoms with van der Waals surface area (Å²) in [7, 11) is 0. The molecule has 130 valence electrons. The summed E-state index contributed by atoms with van der Waals surface area (Å²) >= 11 is 0. The van der Waals surface area contributed by atoms with Crippen molar-refractivity contribution in [2.45, 2.75) is 51.8 Å². The second-order valence-corrected chi connectivity index (χ2v) is 6.90. The number of aromatic nitrogens is 4. The molecule has 4 heterocycles. The van der Waals surface area contributed by atoms with E-state index in [1.165, 1.54) is 12.8 Å². The fraction of sp³-hybridized carbons (Fsp3) is 0.706. The van der Waals surface area contributed by atoms with E-state index in [1.807, 2.05) is 6.20 Å². The first-order chi connectivity index (χ1) is 11.8. The van der Waals surface area contributed by atoms with Crippen LogP contribution in [0.5, 0.6) is 0 Å². The number of piperidine rings is 1. The zero-order valence-electron chi connectivity index (χ0n) is 14.2. The standard InChI is InChI=1S/C17H25N5O2/c1-13-18-6-9-22(13)11-14-4-7-21(8-5-14)12-16-19-17(24-20-16)15-3-2-10-23-15/h6,9,14-15H,2-5,7-8,10-12H2,1H3. The summed E-state index contributed by atoms with van der Waals surface area (Å²) in [5.41, 5.74) is 0. The molecule has 0 spiro atoms. The van der Waals surface area contributed by atoms with Crippen LogP contribution in [-0.4, -0.2) is 44.3 Å².